The second kappa shape index (κ2) is 6.39. The Hall–Kier alpha value is -1.69. The lowest BCUT2D eigenvalue weighted by atomic mass is 10.2. The van der Waals surface area contributed by atoms with E-state index < -0.39 is 0 Å². The molecule has 3 rings (SSSR count). The maximum absolute atomic E-state index is 12.1. The van der Waals surface area contributed by atoms with Crippen molar-refractivity contribution < 1.29 is 4.79 Å². The van der Waals surface area contributed by atoms with E-state index in [0.29, 0.717) is 17.3 Å². The molecule has 1 amide bonds. The SMILES string of the molecule is O=C(NCc1ccc(Cl)cc1)c1csc(-c2ccsc2)n1. The maximum Gasteiger partial charge on any atom is 0.271 e. The van der Waals surface area contributed by atoms with Crippen LogP contribution in [0, 0.1) is 0 Å². The maximum atomic E-state index is 12.1. The van der Waals surface area contributed by atoms with Gasteiger partial charge in [0.25, 0.3) is 5.91 Å². The fourth-order valence-electron chi connectivity index (χ4n) is 1.77. The smallest absolute Gasteiger partial charge is 0.271 e. The lowest BCUT2D eigenvalue weighted by Crippen LogP contribution is -2.23. The van der Waals surface area contributed by atoms with Crippen LogP contribution in [0.2, 0.25) is 5.02 Å². The third kappa shape index (κ3) is 3.50. The van der Waals surface area contributed by atoms with Crippen LogP contribution in [0.3, 0.4) is 0 Å². The Labute approximate surface area is 135 Å². The topological polar surface area (TPSA) is 42.0 Å². The van der Waals surface area contributed by atoms with Gasteiger partial charge in [0.05, 0.1) is 0 Å². The lowest BCUT2D eigenvalue weighted by Gasteiger charge is -2.03. The van der Waals surface area contributed by atoms with E-state index in [1.165, 1.54) is 11.3 Å². The first-order chi connectivity index (χ1) is 10.2. The number of hydrogen-bond donors (Lipinski definition) is 1. The molecule has 21 heavy (non-hydrogen) atoms. The van der Waals surface area contributed by atoms with Crippen molar-refractivity contribution in [2.75, 3.05) is 0 Å². The largest absolute Gasteiger partial charge is 0.347 e. The normalized spacial score (nSPS) is 10.5. The van der Waals surface area contributed by atoms with Gasteiger partial charge in [-0.2, -0.15) is 11.3 Å². The van der Waals surface area contributed by atoms with Crippen LogP contribution in [-0.2, 0) is 6.54 Å². The summed E-state index contributed by atoms with van der Waals surface area (Å²) in [4.78, 5) is 16.4. The molecule has 2 heterocycles. The van der Waals surface area contributed by atoms with Gasteiger partial charge in [0.15, 0.2) is 0 Å². The predicted octanol–water partition coefficient (Wildman–Crippen LogP) is 4.46. The van der Waals surface area contributed by atoms with Crippen LogP contribution in [0.5, 0.6) is 0 Å². The monoisotopic (exact) mass is 334 g/mol. The first-order valence-electron chi connectivity index (χ1n) is 6.23. The number of thiazole rings is 1. The van der Waals surface area contributed by atoms with Crippen molar-refractivity contribution in [3.8, 4) is 10.6 Å². The highest BCUT2D eigenvalue weighted by molar-refractivity contribution is 7.14. The molecule has 0 atom stereocenters. The third-order valence-corrected chi connectivity index (χ3v) is 4.70. The lowest BCUT2D eigenvalue weighted by molar-refractivity contribution is 0.0946. The molecule has 1 N–H and O–H groups in total. The standard InChI is InChI=1S/C15H11ClN2OS2/c16-12-3-1-10(2-4-12)7-17-14(19)13-9-21-15(18-13)11-5-6-20-8-11/h1-6,8-9H,7H2,(H,17,19). The van der Waals surface area contributed by atoms with Gasteiger partial charge in [0.2, 0.25) is 0 Å². The summed E-state index contributed by atoms with van der Waals surface area (Å²) in [5.74, 6) is -0.164. The molecule has 0 saturated heterocycles. The van der Waals surface area contributed by atoms with E-state index in [0.717, 1.165) is 16.1 Å². The summed E-state index contributed by atoms with van der Waals surface area (Å²) < 4.78 is 0. The van der Waals surface area contributed by atoms with Crippen LogP contribution in [0.15, 0.2) is 46.5 Å². The van der Waals surface area contributed by atoms with Gasteiger partial charge in [-0.25, -0.2) is 4.98 Å². The van der Waals surface area contributed by atoms with Gasteiger partial charge in [-0.05, 0) is 29.1 Å². The molecule has 0 unspecified atom stereocenters. The Morgan fingerprint density at radius 2 is 2.00 bits per heavy atom. The average molecular weight is 335 g/mol. The molecule has 6 heteroatoms. The Bertz CT molecular complexity index is 735. The minimum absolute atomic E-state index is 0.164. The summed E-state index contributed by atoms with van der Waals surface area (Å²) in [5, 5.41) is 10.2. The molecule has 0 fully saturated rings. The van der Waals surface area contributed by atoms with E-state index in [9.17, 15) is 4.79 Å². The molecule has 3 nitrogen and oxygen atoms in total. The third-order valence-electron chi connectivity index (χ3n) is 2.87. The second-order valence-corrected chi connectivity index (χ2v) is 6.43. The molecule has 3 aromatic rings. The van der Waals surface area contributed by atoms with Crippen LogP contribution in [0.25, 0.3) is 10.6 Å². The fourth-order valence-corrected chi connectivity index (χ4v) is 3.41. The summed E-state index contributed by atoms with van der Waals surface area (Å²) in [6.07, 6.45) is 0. The zero-order valence-corrected chi connectivity index (χ0v) is 13.3. The Morgan fingerprint density at radius 3 is 2.71 bits per heavy atom. The Morgan fingerprint density at radius 1 is 1.19 bits per heavy atom. The predicted molar refractivity (Wildman–Crippen MR) is 88.0 cm³/mol. The molecule has 106 valence electrons. The number of thiophene rings is 1. The molecule has 0 radical (unpaired) electrons. The van der Waals surface area contributed by atoms with Gasteiger partial charge >= 0.3 is 0 Å². The van der Waals surface area contributed by atoms with E-state index in [1.807, 2.05) is 29.0 Å². The first kappa shape index (κ1) is 14.3. The first-order valence-corrected chi connectivity index (χ1v) is 8.43. The molecule has 2 aromatic heterocycles. The summed E-state index contributed by atoms with van der Waals surface area (Å²) >= 11 is 8.92. The van der Waals surface area contributed by atoms with Gasteiger partial charge in [-0.15, -0.1) is 11.3 Å². The highest BCUT2D eigenvalue weighted by Crippen LogP contribution is 2.25. The highest BCUT2D eigenvalue weighted by Gasteiger charge is 2.11. The molecule has 1 aromatic carbocycles. The van der Waals surface area contributed by atoms with Crippen molar-refractivity contribution in [3.05, 3.63) is 62.8 Å². The molecule has 0 aliphatic carbocycles. The number of rotatable bonds is 4. The molecule has 0 saturated carbocycles. The number of benzene rings is 1. The number of hydrogen-bond acceptors (Lipinski definition) is 4. The van der Waals surface area contributed by atoms with Crippen LogP contribution >= 0.6 is 34.3 Å². The number of nitrogens with zero attached hydrogens (tertiary/aromatic N) is 1. The molecular weight excluding hydrogens is 324 g/mol. The fraction of sp³-hybridized carbons (Fsp3) is 0.0667. The van der Waals surface area contributed by atoms with E-state index in [4.69, 9.17) is 11.6 Å². The number of amides is 1. The molecular formula is C15H11ClN2OS2. The van der Waals surface area contributed by atoms with E-state index in [1.54, 1.807) is 28.8 Å². The molecule has 0 bridgehead atoms. The number of halogens is 1. The van der Waals surface area contributed by atoms with Crippen LogP contribution in [0.1, 0.15) is 16.1 Å². The molecule has 0 aliphatic heterocycles. The Balaban J connectivity index is 1.64. The highest BCUT2D eigenvalue weighted by atomic mass is 35.5. The molecule has 0 spiro atoms. The number of carbonyl (C=O) groups excluding carboxylic acids is 1. The zero-order valence-electron chi connectivity index (χ0n) is 10.9. The van der Waals surface area contributed by atoms with Crippen molar-refractivity contribution >= 4 is 40.2 Å². The summed E-state index contributed by atoms with van der Waals surface area (Å²) in [5.41, 5.74) is 2.51. The molecule has 0 aliphatic rings. The summed E-state index contributed by atoms with van der Waals surface area (Å²) in [7, 11) is 0. The number of carbonyl (C=O) groups is 1. The van der Waals surface area contributed by atoms with Gasteiger partial charge in [0, 0.05) is 27.9 Å². The number of nitrogens with one attached hydrogen (secondary N) is 1. The Kier molecular flexibility index (Phi) is 4.34. The van der Waals surface area contributed by atoms with Crippen molar-refractivity contribution in [3.63, 3.8) is 0 Å². The minimum Gasteiger partial charge on any atom is -0.347 e. The van der Waals surface area contributed by atoms with Crippen molar-refractivity contribution in [1.29, 1.82) is 0 Å². The van der Waals surface area contributed by atoms with Crippen LogP contribution < -0.4 is 5.32 Å². The minimum atomic E-state index is -0.164. The zero-order chi connectivity index (χ0) is 14.7. The van der Waals surface area contributed by atoms with Crippen molar-refractivity contribution in [2.24, 2.45) is 0 Å². The summed E-state index contributed by atoms with van der Waals surface area (Å²) in [6.45, 7) is 0.460. The summed E-state index contributed by atoms with van der Waals surface area (Å²) in [6, 6.07) is 9.39. The number of aromatic nitrogens is 1. The van der Waals surface area contributed by atoms with Crippen LogP contribution in [-0.4, -0.2) is 10.9 Å². The van der Waals surface area contributed by atoms with Gasteiger partial charge in [-0.3, -0.25) is 4.79 Å². The van der Waals surface area contributed by atoms with Gasteiger partial charge in [-0.1, -0.05) is 23.7 Å². The quantitative estimate of drug-likeness (QED) is 0.765. The second-order valence-electron chi connectivity index (χ2n) is 4.36. The average Bonchev–Trinajstić information content (AvgIpc) is 3.17. The van der Waals surface area contributed by atoms with Crippen LogP contribution in [0.4, 0.5) is 0 Å². The van der Waals surface area contributed by atoms with Gasteiger partial charge in [0.1, 0.15) is 10.7 Å². The van der Waals surface area contributed by atoms with Gasteiger partial charge < -0.3 is 5.32 Å². The van der Waals surface area contributed by atoms with Crippen molar-refractivity contribution in [2.45, 2.75) is 6.54 Å². The van der Waals surface area contributed by atoms with E-state index in [2.05, 4.69) is 10.3 Å². The van der Waals surface area contributed by atoms with E-state index in [-0.39, 0.29) is 5.91 Å². The van der Waals surface area contributed by atoms with Crippen molar-refractivity contribution in [1.82, 2.24) is 10.3 Å². The van der Waals surface area contributed by atoms with E-state index >= 15 is 0 Å².